The summed E-state index contributed by atoms with van der Waals surface area (Å²) in [4.78, 5) is 13.1. The molecule has 1 aliphatic rings. The lowest BCUT2D eigenvalue weighted by Gasteiger charge is -2.40. The van der Waals surface area contributed by atoms with Gasteiger partial charge in [-0.2, -0.15) is 0 Å². The van der Waals surface area contributed by atoms with Gasteiger partial charge in [0.15, 0.2) is 6.29 Å². The van der Waals surface area contributed by atoms with Crippen LogP contribution < -0.4 is 5.32 Å². The van der Waals surface area contributed by atoms with E-state index in [9.17, 15) is 30.3 Å². The van der Waals surface area contributed by atoms with Gasteiger partial charge in [-0.15, -0.1) is 0 Å². The summed E-state index contributed by atoms with van der Waals surface area (Å²) in [6.07, 6.45) is 69.8. The summed E-state index contributed by atoms with van der Waals surface area (Å²) in [6.45, 7) is 3.79. The fourth-order valence-corrected chi connectivity index (χ4v) is 10.9. The highest BCUT2D eigenvalue weighted by molar-refractivity contribution is 5.76. The zero-order valence-electron chi connectivity index (χ0n) is 50.7. The summed E-state index contributed by atoms with van der Waals surface area (Å²) in [7, 11) is 0. The number of nitrogens with one attached hydrogen (secondary N) is 1. The van der Waals surface area contributed by atoms with Crippen LogP contribution in [0.25, 0.3) is 0 Å². The number of hydrogen-bond donors (Lipinski definition) is 6. The zero-order valence-corrected chi connectivity index (χ0v) is 50.7. The number of rotatable bonds is 59. The molecule has 454 valence electrons. The van der Waals surface area contributed by atoms with Crippen LogP contribution in [0.15, 0.2) is 36.5 Å². The summed E-state index contributed by atoms with van der Waals surface area (Å²) in [5.41, 5.74) is 0. The summed E-state index contributed by atoms with van der Waals surface area (Å²) < 4.78 is 11.3. The third-order valence-electron chi connectivity index (χ3n) is 16.2. The van der Waals surface area contributed by atoms with Gasteiger partial charge >= 0.3 is 0 Å². The minimum atomic E-state index is -1.57. The van der Waals surface area contributed by atoms with Crippen LogP contribution in [0.1, 0.15) is 335 Å². The molecule has 1 rings (SSSR count). The third kappa shape index (κ3) is 46.7. The maximum Gasteiger partial charge on any atom is 0.220 e. The molecule has 0 saturated carbocycles. The Hall–Kier alpha value is -1.59. The average Bonchev–Trinajstić information content (AvgIpc) is 3.43. The monoisotopic (exact) mass is 1090 g/mol. The Balaban J connectivity index is 2.09. The fourth-order valence-electron chi connectivity index (χ4n) is 10.9. The van der Waals surface area contributed by atoms with Gasteiger partial charge in [0, 0.05) is 6.42 Å². The van der Waals surface area contributed by atoms with E-state index in [-0.39, 0.29) is 12.5 Å². The van der Waals surface area contributed by atoms with Crippen molar-refractivity contribution in [2.24, 2.45) is 0 Å². The van der Waals surface area contributed by atoms with Gasteiger partial charge < -0.3 is 40.3 Å². The van der Waals surface area contributed by atoms with Crippen LogP contribution in [0.4, 0.5) is 0 Å². The lowest BCUT2D eigenvalue weighted by Crippen LogP contribution is -2.60. The van der Waals surface area contributed by atoms with Gasteiger partial charge in [0.05, 0.1) is 25.4 Å². The molecule has 1 aliphatic heterocycles. The average molecular weight is 1090 g/mol. The van der Waals surface area contributed by atoms with E-state index in [1.807, 2.05) is 6.08 Å². The first-order valence-electron chi connectivity index (χ1n) is 33.7. The normalized spacial score (nSPS) is 18.9. The molecule has 6 N–H and O–H groups in total. The molecular formula is C68H129NO8. The molecule has 0 aromatic carbocycles. The zero-order chi connectivity index (χ0) is 55.8. The van der Waals surface area contributed by atoms with Crippen molar-refractivity contribution in [3.05, 3.63) is 36.5 Å². The second-order valence-electron chi connectivity index (χ2n) is 23.6. The lowest BCUT2D eigenvalue weighted by molar-refractivity contribution is -0.302. The topological polar surface area (TPSA) is 149 Å². The Kier molecular flexibility index (Phi) is 55.0. The number of amides is 1. The van der Waals surface area contributed by atoms with Crippen molar-refractivity contribution in [3.63, 3.8) is 0 Å². The molecule has 7 atom stereocenters. The predicted molar refractivity (Wildman–Crippen MR) is 327 cm³/mol. The number of aliphatic hydroxyl groups is 5. The van der Waals surface area contributed by atoms with E-state index < -0.39 is 49.5 Å². The highest BCUT2D eigenvalue weighted by Crippen LogP contribution is 2.23. The maximum atomic E-state index is 13.1. The van der Waals surface area contributed by atoms with Gasteiger partial charge in [-0.3, -0.25) is 4.79 Å². The number of carbonyl (C=O) groups excluding carboxylic acids is 1. The van der Waals surface area contributed by atoms with Crippen molar-refractivity contribution in [1.29, 1.82) is 0 Å². The molecule has 9 heteroatoms. The van der Waals surface area contributed by atoms with E-state index in [1.165, 1.54) is 270 Å². The first-order valence-corrected chi connectivity index (χ1v) is 33.7. The molecular weight excluding hydrogens is 959 g/mol. The molecule has 1 fully saturated rings. The fraction of sp³-hybridized carbons (Fsp3) is 0.897. The van der Waals surface area contributed by atoms with E-state index in [2.05, 4.69) is 43.5 Å². The van der Waals surface area contributed by atoms with Crippen LogP contribution in [0, 0.1) is 0 Å². The smallest absolute Gasteiger partial charge is 0.220 e. The molecule has 1 heterocycles. The molecule has 77 heavy (non-hydrogen) atoms. The van der Waals surface area contributed by atoms with Crippen molar-refractivity contribution in [2.75, 3.05) is 13.2 Å². The predicted octanol–water partition coefficient (Wildman–Crippen LogP) is 17.9. The highest BCUT2D eigenvalue weighted by Gasteiger charge is 2.44. The first kappa shape index (κ1) is 73.4. The Morgan fingerprint density at radius 1 is 0.429 bits per heavy atom. The molecule has 1 saturated heterocycles. The van der Waals surface area contributed by atoms with E-state index in [1.54, 1.807) is 6.08 Å². The van der Waals surface area contributed by atoms with Crippen molar-refractivity contribution in [3.8, 4) is 0 Å². The van der Waals surface area contributed by atoms with Crippen LogP contribution in [-0.4, -0.2) is 87.5 Å². The Morgan fingerprint density at radius 2 is 0.740 bits per heavy atom. The second kappa shape index (κ2) is 57.6. The molecule has 9 nitrogen and oxygen atoms in total. The largest absolute Gasteiger partial charge is 0.394 e. The first-order chi connectivity index (χ1) is 37.8. The van der Waals surface area contributed by atoms with Crippen LogP contribution in [-0.2, 0) is 14.3 Å². The number of hydrogen-bond acceptors (Lipinski definition) is 8. The van der Waals surface area contributed by atoms with Gasteiger partial charge in [-0.25, -0.2) is 0 Å². The van der Waals surface area contributed by atoms with E-state index in [4.69, 9.17) is 9.47 Å². The second-order valence-corrected chi connectivity index (χ2v) is 23.6. The molecule has 7 unspecified atom stereocenters. The Morgan fingerprint density at radius 3 is 1.09 bits per heavy atom. The Bertz CT molecular complexity index is 1310. The molecule has 1 amide bonds. The van der Waals surface area contributed by atoms with Crippen molar-refractivity contribution in [1.82, 2.24) is 5.32 Å². The molecule has 0 spiro atoms. The Labute approximate surface area is 476 Å². The van der Waals surface area contributed by atoms with Crippen LogP contribution >= 0.6 is 0 Å². The number of carbonyl (C=O) groups is 1. The van der Waals surface area contributed by atoms with Crippen LogP contribution in [0.3, 0.4) is 0 Å². The van der Waals surface area contributed by atoms with E-state index >= 15 is 0 Å². The molecule has 0 aliphatic carbocycles. The standard InChI is InChI=1S/C68H129NO8/c1-3-5-7-9-11-13-15-17-19-21-23-24-25-26-27-28-29-30-31-32-33-34-35-36-37-38-39-40-42-44-46-48-50-52-54-56-58-64(72)69-61(60-76-68-67(75)66(74)65(73)63(59-70)77-68)62(71)57-55-53-51-49-47-45-43-41-22-20-18-16-14-12-10-8-6-4-2/h22,41,47,49,55,57,61-63,65-68,70-71,73-75H,3-21,23-40,42-46,48,50-54,56,58-60H2,1-2H3,(H,69,72)/b41-22+,49-47+,57-55+. The van der Waals surface area contributed by atoms with Crippen LogP contribution in [0.5, 0.6) is 0 Å². The summed E-state index contributed by atoms with van der Waals surface area (Å²) >= 11 is 0. The van der Waals surface area contributed by atoms with Crippen molar-refractivity contribution < 1.29 is 39.8 Å². The minimum absolute atomic E-state index is 0.184. The molecule has 0 radical (unpaired) electrons. The van der Waals surface area contributed by atoms with Gasteiger partial charge in [-0.1, -0.05) is 320 Å². The summed E-state index contributed by atoms with van der Waals surface area (Å²) in [6, 6.07) is -0.827. The number of allylic oxidation sites excluding steroid dienone is 5. The van der Waals surface area contributed by atoms with Gasteiger partial charge in [0.25, 0.3) is 0 Å². The van der Waals surface area contributed by atoms with Gasteiger partial charge in [0.1, 0.15) is 24.4 Å². The minimum Gasteiger partial charge on any atom is -0.394 e. The number of unbranched alkanes of at least 4 members (excludes halogenated alkanes) is 45. The van der Waals surface area contributed by atoms with Crippen molar-refractivity contribution >= 4 is 5.91 Å². The quantitative estimate of drug-likeness (QED) is 0.0261. The third-order valence-corrected chi connectivity index (χ3v) is 16.2. The highest BCUT2D eigenvalue weighted by atomic mass is 16.7. The summed E-state index contributed by atoms with van der Waals surface area (Å²) in [5, 5.41) is 54.6. The van der Waals surface area contributed by atoms with Gasteiger partial charge in [-0.05, 0) is 44.9 Å². The molecule has 0 bridgehead atoms. The maximum absolute atomic E-state index is 13.1. The van der Waals surface area contributed by atoms with E-state index in [0.717, 1.165) is 44.9 Å². The number of ether oxygens (including phenoxy) is 2. The van der Waals surface area contributed by atoms with Crippen LogP contribution in [0.2, 0.25) is 0 Å². The number of aliphatic hydroxyl groups excluding tert-OH is 5. The SMILES string of the molecule is CCCCCCCCCC/C=C/CC/C=C/CC/C=C/C(O)C(COC1OC(CO)C(O)C(O)C1O)NC(=O)CCCCCCCCCCCCCCCCCCCCCCCCCCCCCCCCCCCCCC. The van der Waals surface area contributed by atoms with Crippen molar-refractivity contribution in [2.45, 2.75) is 378 Å². The molecule has 0 aromatic rings. The van der Waals surface area contributed by atoms with E-state index in [0.29, 0.717) is 6.42 Å². The summed E-state index contributed by atoms with van der Waals surface area (Å²) in [5.74, 6) is -0.184. The molecule has 0 aromatic heterocycles. The van der Waals surface area contributed by atoms with Gasteiger partial charge in [0.2, 0.25) is 5.91 Å². The lowest BCUT2D eigenvalue weighted by atomic mass is 9.99.